The van der Waals surface area contributed by atoms with Gasteiger partial charge in [-0.05, 0) is 79.6 Å². The quantitative estimate of drug-likeness (QED) is 0.329. The largest absolute Gasteiger partial charge is 0.507 e. The van der Waals surface area contributed by atoms with Crippen molar-refractivity contribution in [3.05, 3.63) is 74.7 Å². The molecule has 4 nitrogen and oxygen atoms in total. The van der Waals surface area contributed by atoms with Gasteiger partial charge in [-0.3, -0.25) is 4.79 Å². The minimum Gasteiger partial charge on any atom is -0.507 e. The predicted octanol–water partition coefficient (Wildman–Crippen LogP) is 7.52. The summed E-state index contributed by atoms with van der Waals surface area (Å²) < 4.78 is 7.65. The molecule has 0 atom stereocenters. The smallest absolute Gasteiger partial charge is 0.303 e. The maximum Gasteiger partial charge on any atom is 0.303 e. The fraction of sp³-hybridized carbons (Fsp3) is 0.208. The van der Waals surface area contributed by atoms with E-state index >= 15 is 0 Å². The van der Waals surface area contributed by atoms with Gasteiger partial charge in [-0.2, -0.15) is 0 Å². The average molecular weight is 534 g/mol. The molecule has 0 saturated carbocycles. The second kappa shape index (κ2) is 9.67. The highest BCUT2D eigenvalue weighted by molar-refractivity contribution is 9.11. The first-order valence-corrected chi connectivity index (χ1v) is 11.1. The van der Waals surface area contributed by atoms with Crippen molar-refractivity contribution in [2.24, 2.45) is 0 Å². The van der Waals surface area contributed by atoms with Crippen LogP contribution in [0.4, 0.5) is 0 Å². The molecule has 0 radical (unpaired) electrons. The first-order chi connectivity index (χ1) is 14.3. The molecule has 6 heteroatoms. The summed E-state index contributed by atoms with van der Waals surface area (Å²) in [7, 11) is 0. The molecule has 3 rings (SSSR count). The number of halogens is 2. The highest BCUT2D eigenvalue weighted by atomic mass is 79.9. The molecule has 0 aliphatic carbocycles. The monoisotopic (exact) mass is 532 g/mol. The summed E-state index contributed by atoms with van der Waals surface area (Å²) in [6.07, 6.45) is 0.497. The first kappa shape index (κ1) is 22.4. The van der Waals surface area contributed by atoms with E-state index in [0.29, 0.717) is 23.5 Å². The normalized spacial score (nSPS) is 11.0. The standard InChI is InChI=1S/C24H22Br2O4/c1-14(2)18-12-17(13-19(23(18)29)16-6-4-3-5-7-16)30-24-20(25)10-15(11-21(24)26)8-9-22(27)28/h3-7,10-14,29H,8-9H2,1-2H3,(H,27,28). The van der Waals surface area contributed by atoms with Crippen LogP contribution in [0.1, 0.15) is 37.3 Å². The molecule has 3 aromatic rings. The SMILES string of the molecule is CC(C)c1cc(Oc2c(Br)cc(CCC(=O)O)cc2Br)cc(-c2ccccc2)c1O. The number of rotatable bonds is 7. The van der Waals surface area contributed by atoms with Gasteiger partial charge in [-0.1, -0.05) is 44.2 Å². The van der Waals surface area contributed by atoms with Gasteiger partial charge in [0, 0.05) is 17.5 Å². The van der Waals surface area contributed by atoms with Gasteiger partial charge in [-0.15, -0.1) is 0 Å². The number of hydrogen-bond acceptors (Lipinski definition) is 3. The van der Waals surface area contributed by atoms with E-state index in [1.807, 2.05) is 68.4 Å². The summed E-state index contributed by atoms with van der Waals surface area (Å²) in [6.45, 7) is 4.05. The van der Waals surface area contributed by atoms with Gasteiger partial charge in [0.2, 0.25) is 0 Å². The second-order valence-corrected chi connectivity index (χ2v) is 9.02. The van der Waals surface area contributed by atoms with E-state index in [2.05, 4.69) is 31.9 Å². The molecular weight excluding hydrogens is 512 g/mol. The van der Waals surface area contributed by atoms with Gasteiger partial charge in [0.05, 0.1) is 8.95 Å². The van der Waals surface area contributed by atoms with Crippen LogP contribution in [0.5, 0.6) is 17.2 Å². The van der Waals surface area contributed by atoms with Crippen LogP contribution >= 0.6 is 31.9 Å². The number of carbonyl (C=O) groups is 1. The van der Waals surface area contributed by atoms with Crippen molar-refractivity contribution in [1.29, 1.82) is 0 Å². The van der Waals surface area contributed by atoms with Crippen LogP contribution < -0.4 is 4.74 Å². The van der Waals surface area contributed by atoms with Crippen molar-refractivity contribution >= 4 is 37.8 Å². The zero-order chi connectivity index (χ0) is 21.8. The molecule has 0 bridgehead atoms. The number of phenols is 1. The van der Waals surface area contributed by atoms with Crippen molar-refractivity contribution in [2.75, 3.05) is 0 Å². The molecule has 0 aliphatic rings. The third kappa shape index (κ3) is 5.24. The van der Waals surface area contributed by atoms with Gasteiger partial charge >= 0.3 is 5.97 Å². The van der Waals surface area contributed by atoms with Crippen molar-refractivity contribution in [1.82, 2.24) is 0 Å². The molecule has 0 aromatic heterocycles. The zero-order valence-corrected chi connectivity index (χ0v) is 19.8. The predicted molar refractivity (Wildman–Crippen MR) is 126 cm³/mol. The molecule has 3 aromatic carbocycles. The Labute approximate surface area is 192 Å². The highest BCUT2D eigenvalue weighted by Crippen LogP contribution is 2.43. The summed E-state index contributed by atoms with van der Waals surface area (Å²) in [5.74, 6) is 0.733. The lowest BCUT2D eigenvalue weighted by Gasteiger charge is -2.17. The number of hydrogen-bond donors (Lipinski definition) is 2. The second-order valence-electron chi connectivity index (χ2n) is 7.31. The average Bonchev–Trinajstić information content (AvgIpc) is 2.70. The number of aliphatic carboxylic acids is 1. The molecule has 0 saturated heterocycles. The molecule has 0 spiro atoms. The minimum atomic E-state index is -0.832. The Bertz CT molecular complexity index is 1040. The van der Waals surface area contributed by atoms with E-state index in [1.165, 1.54) is 0 Å². The minimum absolute atomic E-state index is 0.0647. The summed E-state index contributed by atoms with van der Waals surface area (Å²) in [5.41, 5.74) is 3.31. The summed E-state index contributed by atoms with van der Waals surface area (Å²) in [4.78, 5) is 10.8. The van der Waals surface area contributed by atoms with E-state index in [0.717, 1.165) is 25.6 Å². The molecule has 156 valence electrons. The topological polar surface area (TPSA) is 66.8 Å². The van der Waals surface area contributed by atoms with Crippen molar-refractivity contribution in [2.45, 2.75) is 32.6 Å². The Kier molecular flexibility index (Phi) is 7.21. The van der Waals surface area contributed by atoms with Gasteiger partial charge < -0.3 is 14.9 Å². The van der Waals surface area contributed by atoms with Gasteiger partial charge in [0.25, 0.3) is 0 Å². The van der Waals surface area contributed by atoms with E-state index < -0.39 is 5.97 Å². The van der Waals surface area contributed by atoms with E-state index in [1.54, 1.807) is 0 Å². The third-order valence-corrected chi connectivity index (χ3v) is 5.90. The van der Waals surface area contributed by atoms with Gasteiger partial charge in [-0.25, -0.2) is 0 Å². The number of carboxylic acid groups (broad SMARTS) is 1. The Hall–Kier alpha value is -2.31. The summed E-state index contributed by atoms with van der Waals surface area (Å²) in [5, 5.41) is 19.7. The Morgan fingerprint density at radius 2 is 1.67 bits per heavy atom. The fourth-order valence-electron chi connectivity index (χ4n) is 3.19. The van der Waals surface area contributed by atoms with Crippen LogP contribution in [0.25, 0.3) is 11.1 Å². The number of phenolic OH excluding ortho intramolecular Hbond substituents is 1. The lowest BCUT2D eigenvalue weighted by molar-refractivity contribution is -0.136. The number of ether oxygens (including phenoxy) is 1. The molecule has 0 unspecified atom stereocenters. The van der Waals surface area contributed by atoms with Crippen LogP contribution in [0.3, 0.4) is 0 Å². The molecule has 0 heterocycles. The van der Waals surface area contributed by atoms with Crippen LogP contribution in [0, 0.1) is 0 Å². The van der Waals surface area contributed by atoms with Crippen LogP contribution in [-0.2, 0) is 11.2 Å². The molecule has 30 heavy (non-hydrogen) atoms. The first-order valence-electron chi connectivity index (χ1n) is 9.56. The van der Waals surface area contributed by atoms with Crippen LogP contribution in [-0.4, -0.2) is 16.2 Å². The van der Waals surface area contributed by atoms with E-state index in [4.69, 9.17) is 9.84 Å². The summed E-state index contributed by atoms with van der Waals surface area (Å²) in [6, 6.07) is 17.1. The lowest BCUT2D eigenvalue weighted by atomic mass is 9.95. The van der Waals surface area contributed by atoms with Gasteiger partial charge in [0.1, 0.15) is 11.5 Å². The van der Waals surface area contributed by atoms with Crippen molar-refractivity contribution < 1.29 is 19.7 Å². The number of aromatic hydroxyl groups is 1. The highest BCUT2D eigenvalue weighted by Gasteiger charge is 2.17. The molecular formula is C24H22Br2O4. The van der Waals surface area contributed by atoms with E-state index in [-0.39, 0.29) is 18.1 Å². The maximum atomic E-state index is 10.8. The molecule has 2 N–H and O–H groups in total. The van der Waals surface area contributed by atoms with Crippen LogP contribution in [0.15, 0.2) is 63.5 Å². The number of aryl methyl sites for hydroxylation is 1. The Morgan fingerprint density at radius 1 is 1.03 bits per heavy atom. The van der Waals surface area contributed by atoms with Crippen molar-refractivity contribution in [3.63, 3.8) is 0 Å². The maximum absolute atomic E-state index is 10.8. The Morgan fingerprint density at radius 3 is 2.23 bits per heavy atom. The third-order valence-electron chi connectivity index (χ3n) is 4.73. The molecule has 0 aliphatic heterocycles. The van der Waals surface area contributed by atoms with E-state index in [9.17, 15) is 9.90 Å². The molecule has 0 amide bonds. The zero-order valence-electron chi connectivity index (χ0n) is 16.7. The van der Waals surface area contributed by atoms with Crippen LogP contribution in [0.2, 0.25) is 0 Å². The van der Waals surface area contributed by atoms with Gasteiger partial charge in [0.15, 0.2) is 5.75 Å². The number of benzene rings is 3. The molecule has 0 fully saturated rings. The fourth-order valence-corrected chi connectivity index (χ4v) is 4.63. The van der Waals surface area contributed by atoms with Crippen molar-refractivity contribution in [3.8, 4) is 28.4 Å². The number of carboxylic acids is 1. The lowest BCUT2D eigenvalue weighted by Crippen LogP contribution is -1.98. The Balaban J connectivity index is 2.00. The summed E-state index contributed by atoms with van der Waals surface area (Å²) >= 11 is 7.07.